The van der Waals surface area contributed by atoms with E-state index in [9.17, 15) is 18.0 Å². The highest BCUT2D eigenvalue weighted by atomic mass is 35.5. The molecule has 1 unspecified atom stereocenters. The molecule has 1 amide bonds. The van der Waals surface area contributed by atoms with Gasteiger partial charge in [0.2, 0.25) is 5.91 Å². The van der Waals surface area contributed by atoms with Crippen LogP contribution in [0.3, 0.4) is 0 Å². The summed E-state index contributed by atoms with van der Waals surface area (Å²) >= 11 is 0. The molecule has 1 aromatic carbocycles. The lowest BCUT2D eigenvalue weighted by atomic mass is 10.2. The van der Waals surface area contributed by atoms with E-state index in [0.29, 0.717) is 18.7 Å². The van der Waals surface area contributed by atoms with Gasteiger partial charge < -0.3 is 20.1 Å². The predicted octanol–water partition coefficient (Wildman–Crippen LogP) is 2.00. The first-order valence-electron chi connectivity index (χ1n) is 6.86. The number of morpholine rings is 1. The van der Waals surface area contributed by atoms with Crippen LogP contribution in [0.25, 0.3) is 0 Å². The van der Waals surface area contributed by atoms with Crippen molar-refractivity contribution in [3.63, 3.8) is 0 Å². The van der Waals surface area contributed by atoms with Gasteiger partial charge in [-0.2, -0.15) is 0 Å². The third kappa shape index (κ3) is 7.54. The highest BCUT2D eigenvalue weighted by Crippen LogP contribution is 2.22. The Morgan fingerprint density at radius 3 is 2.61 bits per heavy atom. The fourth-order valence-electron chi connectivity index (χ4n) is 2.04. The van der Waals surface area contributed by atoms with Gasteiger partial charge in [0.15, 0.2) is 0 Å². The second-order valence-electron chi connectivity index (χ2n) is 4.87. The second-order valence-corrected chi connectivity index (χ2v) is 4.87. The number of ether oxygens (including phenoxy) is 2. The van der Waals surface area contributed by atoms with E-state index in [1.807, 2.05) is 0 Å². The molecule has 0 radical (unpaired) electrons. The lowest BCUT2D eigenvalue weighted by Crippen LogP contribution is -2.41. The number of amides is 1. The summed E-state index contributed by atoms with van der Waals surface area (Å²) in [4.78, 5) is 11.7. The highest BCUT2D eigenvalue weighted by Gasteiger charge is 2.30. The van der Waals surface area contributed by atoms with Crippen molar-refractivity contribution in [2.24, 2.45) is 0 Å². The molecule has 1 aliphatic rings. The maximum Gasteiger partial charge on any atom is 0.573 e. The molecule has 0 bridgehead atoms. The van der Waals surface area contributed by atoms with Crippen molar-refractivity contribution in [2.75, 3.05) is 19.7 Å². The molecule has 9 heteroatoms. The summed E-state index contributed by atoms with van der Waals surface area (Å²) in [6.45, 7) is 2.24. The van der Waals surface area contributed by atoms with Gasteiger partial charge in [0.05, 0.1) is 19.1 Å². The predicted molar refractivity (Wildman–Crippen MR) is 79.4 cm³/mol. The lowest BCUT2D eigenvalue weighted by Gasteiger charge is -2.23. The average molecular weight is 355 g/mol. The van der Waals surface area contributed by atoms with Gasteiger partial charge in [-0.05, 0) is 17.7 Å². The second kappa shape index (κ2) is 8.95. The number of alkyl halides is 3. The maximum absolute atomic E-state index is 12.0. The first kappa shape index (κ1) is 19.5. The Bertz CT molecular complexity index is 491. The zero-order valence-electron chi connectivity index (χ0n) is 12.2. The largest absolute Gasteiger partial charge is 0.573 e. The Kier molecular flexibility index (Phi) is 7.60. The molecular weight excluding hydrogens is 337 g/mol. The van der Waals surface area contributed by atoms with Gasteiger partial charge in [0.25, 0.3) is 0 Å². The van der Waals surface area contributed by atoms with E-state index in [0.717, 1.165) is 6.54 Å². The number of halogens is 4. The molecule has 5 nitrogen and oxygen atoms in total. The molecule has 23 heavy (non-hydrogen) atoms. The summed E-state index contributed by atoms with van der Waals surface area (Å²) in [6, 6.07) is 5.37. The van der Waals surface area contributed by atoms with Crippen LogP contribution >= 0.6 is 12.4 Å². The van der Waals surface area contributed by atoms with Crippen molar-refractivity contribution in [1.82, 2.24) is 10.6 Å². The quantitative estimate of drug-likeness (QED) is 0.849. The van der Waals surface area contributed by atoms with Crippen molar-refractivity contribution in [3.8, 4) is 5.75 Å². The van der Waals surface area contributed by atoms with Crippen LogP contribution in [0.5, 0.6) is 5.75 Å². The fourth-order valence-corrected chi connectivity index (χ4v) is 2.04. The average Bonchev–Trinajstić information content (AvgIpc) is 2.46. The van der Waals surface area contributed by atoms with Crippen molar-refractivity contribution in [1.29, 1.82) is 0 Å². The Hall–Kier alpha value is -1.51. The van der Waals surface area contributed by atoms with Crippen molar-refractivity contribution >= 4 is 18.3 Å². The van der Waals surface area contributed by atoms with E-state index in [1.165, 1.54) is 24.3 Å². The van der Waals surface area contributed by atoms with E-state index >= 15 is 0 Å². The number of benzene rings is 1. The molecule has 2 N–H and O–H groups in total. The van der Waals surface area contributed by atoms with Crippen LogP contribution < -0.4 is 15.4 Å². The minimum atomic E-state index is -4.70. The van der Waals surface area contributed by atoms with E-state index in [-0.39, 0.29) is 43.1 Å². The topological polar surface area (TPSA) is 59.6 Å². The van der Waals surface area contributed by atoms with E-state index < -0.39 is 6.36 Å². The number of hydrogen-bond donors (Lipinski definition) is 2. The van der Waals surface area contributed by atoms with Gasteiger partial charge in [-0.1, -0.05) is 12.1 Å². The molecule has 2 rings (SSSR count). The van der Waals surface area contributed by atoms with Crippen molar-refractivity contribution in [3.05, 3.63) is 29.8 Å². The summed E-state index contributed by atoms with van der Waals surface area (Å²) < 4.78 is 45.3. The summed E-state index contributed by atoms with van der Waals surface area (Å²) in [6.07, 6.45) is -4.59. The monoisotopic (exact) mass is 354 g/mol. The van der Waals surface area contributed by atoms with Crippen molar-refractivity contribution in [2.45, 2.75) is 25.4 Å². The number of carbonyl (C=O) groups excluding carboxylic acids is 1. The summed E-state index contributed by atoms with van der Waals surface area (Å²) in [5.41, 5.74) is 0.686. The maximum atomic E-state index is 12.0. The van der Waals surface area contributed by atoms with Crippen molar-refractivity contribution < 1.29 is 27.4 Å². The standard InChI is InChI=1S/C14H17F3N2O3.ClH/c15-14(16,17)22-11-3-1-10(2-4-11)8-19-13(20)7-12-9-18-5-6-21-12;/h1-4,12,18H,5-9H2,(H,19,20);1H. The zero-order chi connectivity index (χ0) is 16.0. The normalized spacial score (nSPS) is 18.0. The van der Waals surface area contributed by atoms with Gasteiger partial charge in [-0.3, -0.25) is 4.79 Å². The van der Waals surface area contributed by atoms with Crippen LogP contribution in [-0.4, -0.2) is 38.1 Å². The highest BCUT2D eigenvalue weighted by molar-refractivity contribution is 5.85. The number of carbonyl (C=O) groups is 1. The zero-order valence-corrected chi connectivity index (χ0v) is 13.0. The summed E-state index contributed by atoms with van der Waals surface area (Å²) in [5.74, 6) is -0.450. The van der Waals surface area contributed by atoms with Crippen LogP contribution in [0.2, 0.25) is 0 Å². The van der Waals surface area contributed by atoms with Crippen LogP contribution in [0.1, 0.15) is 12.0 Å². The van der Waals surface area contributed by atoms with Gasteiger partial charge in [-0.15, -0.1) is 25.6 Å². The minimum absolute atomic E-state index is 0. The first-order valence-corrected chi connectivity index (χ1v) is 6.86. The Morgan fingerprint density at radius 1 is 1.35 bits per heavy atom. The Labute approximate surface area is 137 Å². The van der Waals surface area contributed by atoms with Gasteiger partial charge in [0, 0.05) is 19.6 Å². The molecular formula is C14H18ClF3N2O3. The fraction of sp³-hybridized carbons (Fsp3) is 0.500. The number of nitrogens with one attached hydrogen (secondary N) is 2. The molecule has 1 saturated heterocycles. The molecule has 0 spiro atoms. The van der Waals surface area contributed by atoms with Crippen LogP contribution in [0.15, 0.2) is 24.3 Å². The van der Waals surface area contributed by atoms with Gasteiger partial charge in [0.1, 0.15) is 5.75 Å². The molecule has 1 fully saturated rings. The third-order valence-corrected chi connectivity index (χ3v) is 3.06. The van der Waals surface area contributed by atoms with E-state index in [2.05, 4.69) is 15.4 Å². The minimum Gasteiger partial charge on any atom is -0.406 e. The molecule has 130 valence electrons. The molecule has 0 saturated carbocycles. The first-order chi connectivity index (χ1) is 10.4. The molecule has 1 heterocycles. The molecule has 0 aliphatic carbocycles. The number of rotatable bonds is 5. The van der Waals surface area contributed by atoms with E-state index in [1.54, 1.807) is 0 Å². The Balaban J connectivity index is 0.00000264. The number of hydrogen-bond acceptors (Lipinski definition) is 4. The van der Waals surface area contributed by atoms with E-state index in [4.69, 9.17) is 4.74 Å². The molecule has 0 aromatic heterocycles. The molecule has 1 atom stereocenters. The molecule has 1 aromatic rings. The van der Waals surface area contributed by atoms with Gasteiger partial charge in [-0.25, -0.2) is 0 Å². The van der Waals surface area contributed by atoms with Crippen LogP contribution in [0.4, 0.5) is 13.2 Å². The smallest absolute Gasteiger partial charge is 0.406 e. The Morgan fingerprint density at radius 2 is 2.04 bits per heavy atom. The van der Waals surface area contributed by atoms with Gasteiger partial charge >= 0.3 is 6.36 Å². The summed E-state index contributed by atoms with van der Waals surface area (Å²) in [7, 11) is 0. The molecule has 1 aliphatic heterocycles. The van der Waals surface area contributed by atoms with Crippen LogP contribution in [0, 0.1) is 0 Å². The SMILES string of the molecule is Cl.O=C(CC1CNCCO1)NCc1ccc(OC(F)(F)F)cc1. The summed E-state index contributed by atoms with van der Waals surface area (Å²) in [5, 5.41) is 5.83. The lowest BCUT2D eigenvalue weighted by molar-refractivity contribution is -0.274. The third-order valence-electron chi connectivity index (χ3n) is 3.06. The van der Waals surface area contributed by atoms with Crippen LogP contribution in [-0.2, 0) is 16.1 Å².